The third kappa shape index (κ3) is 4.06. The minimum atomic E-state index is -0.108. The monoisotopic (exact) mass is 250 g/mol. The van der Waals surface area contributed by atoms with Gasteiger partial charge in [-0.3, -0.25) is 4.79 Å². The minimum absolute atomic E-state index is 0.0849. The third-order valence-corrected chi connectivity index (χ3v) is 3.01. The predicted octanol–water partition coefficient (Wildman–Crippen LogP) is 3.07. The molecular formula is C15H22O3. The second-order valence-electron chi connectivity index (χ2n) is 4.65. The predicted molar refractivity (Wildman–Crippen MR) is 71.7 cm³/mol. The summed E-state index contributed by atoms with van der Waals surface area (Å²) in [5, 5.41) is 0. The maximum absolute atomic E-state index is 11.9. The molecule has 0 aliphatic carbocycles. The van der Waals surface area contributed by atoms with Crippen molar-refractivity contribution < 1.29 is 14.3 Å². The number of hydrogen-bond donors (Lipinski definition) is 0. The first-order valence-corrected chi connectivity index (χ1v) is 6.38. The van der Waals surface area contributed by atoms with Gasteiger partial charge in [-0.2, -0.15) is 0 Å². The van der Waals surface area contributed by atoms with E-state index in [9.17, 15) is 4.79 Å². The fourth-order valence-electron chi connectivity index (χ4n) is 1.86. The molecule has 0 aliphatic heterocycles. The molecule has 100 valence electrons. The van der Waals surface area contributed by atoms with E-state index in [0.717, 1.165) is 11.3 Å². The van der Waals surface area contributed by atoms with Gasteiger partial charge in [0.1, 0.15) is 5.75 Å². The Hall–Kier alpha value is -1.51. The first kappa shape index (κ1) is 14.6. The molecule has 0 spiro atoms. The lowest BCUT2D eigenvalue weighted by Crippen LogP contribution is -2.25. The van der Waals surface area contributed by atoms with Crippen LogP contribution in [0.15, 0.2) is 24.3 Å². The zero-order valence-electron chi connectivity index (χ0n) is 11.6. The van der Waals surface area contributed by atoms with E-state index in [1.165, 1.54) is 0 Å². The highest BCUT2D eigenvalue weighted by atomic mass is 16.5. The Morgan fingerprint density at radius 3 is 2.28 bits per heavy atom. The molecule has 0 N–H and O–H groups in total. The van der Waals surface area contributed by atoms with Crippen LogP contribution in [0.4, 0.5) is 0 Å². The summed E-state index contributed by atoms with van der Waals surface area (Å²) in [7, 11) is 1.64. The standard InChI is InChI=1S/C15H22O3/c1-5-18-15(16)14(11(2)3)10-12-6-8-13(17-4)9-7-12/h6-9,11,14H,5,10H2,1-4H3/t14-/m1/s1. The number of esters is 1. The summed E-state index contributed by atoms with van der Waals surface area (Å²) in [5.41, 5.74) is 1.13. The molecule has 1 rings (SSSR count). The van der Waals surface area contributed by atoms with Gasteiger partial charge in [-0.25, -0.2) is 0 Å². The number of methoxy groups -OCH3 is 1. The molecular weight excluding hydrogens is 228 g/mol. The average molecular weight is 250 g/mol. The van der Waals surface area contributed by atoms with Crippen molar-refractivity contribution in [2.75, 3.05) is 13.7 Å². The zero-order valence-corrected chi connectivity index (χ0v) is 11.6. The zero-order chi connectivity index (χ0) is 13.5. The first-order valence-electron chi connectivity index (χ1n) is 6.38. The van der Waals surface area contributed by atoms with Crippen molar-refractivity contribution >= 4 is 5.97 Å². The summed E-state index contributed by atoms with van der Waals surface area (Å²) in [6, 6.07) is 7.82. The third-order valence-electron chi connectivity index (χ3n) is 3.01. The van der Waals surface area contributed by atoms with Gasteiger partial charge in [-0.1, -0.05) is 26.0 Å². The lowest BCUT2D eigenvalue weighted by atomic mass is 9.89. The van der Waals surface area contributed by atoms with Gasteiger partial charge in [0, 0.05) is 0 Å². The smallest absolute Gasteiger partial charge is 0.309 e. The van der Waals surface area contributed by atoms with Crippen molar-refractivity contribution in [2.45, 2.75) is 27.2 Å². The summed E-state index contributed by atoms with van der Waals surface area (Å²) in [6.45, 7) is 6.36. The normalized spacial score (nSPS) is 12.3. The number of carbonyl (C=O) groups is 1. The summed E-state index contributed by atoms with van der Waals surface area (Å²) in [5.74, 6) is 0.906. The van der Waals surface area contributed by atoms with Crippen LogP contribution in [-0.2, 0) is 16.0 Å². The van der Waals surface area contributed by atoms with E-state index in [2.05, 4.69) is 0 Å². The fourth-order valence-corrected chi connectivity index (χ4v) is 1.86. The quantitative estimate of drug-likeness (QED) is 0.728. The topological polar surface area (TPSA) is 35.5 Å². The van der Waals surface area contributed by atoms with Crippen LogP contribution in [0.5, 0.6) is 5.75 Å². The average Bonchev–Trinajstić information content (AvgIpc) is 2.36. The minimum Gasteiger partial charge on any atom is -0.497 e. The van der Waals surface area contributed by atoms with Crippen molar-refractivity contribution in [1.82, 2.24) is 0 Å². The summed E-state index contributed by atoms with van der Waals surface area (Å²) < 4.78 is 10.2. The maximum Gasteiger partial charge on any atom is 0.309 e. The van der Waals surface area contributed by atoms with Crippen LogP contribution in [0.3, 0.4) is 0 Å². The van der Waals surface area contributed by atoms with Gasteiger partial charge < -0.3 is 9.47 Å². The van der Waals surface area contributed by atoms with Crippen LogP contribution in [0, 0.1) is 11.8 Å². The van der Waals surface area contributed by atoms with Gasteiger partial charge in [0.05, 0.1) is 19.6 Å². The van der Waals surface area contributed by atoms with E-state index in [1.807, 2.05) is 45.0 Å². The van der Waals surface area contributed by atoms with Crippen LogP contribution < -0.4 is 4.74 Å². The van der Waals surface area contributed by atoms with E-state index < -0.39 is 0 Å². The fraction of sp³-hybridized carbons (Fsp3) is 0.533. The molecule has 18 heavy (non-hydrogen) atoms. The Kier molecular flexibility index (Phi) is 5.69. The second kappa shape index (κ2) is 7.04. The number of carbonyl (C=O) groups excluding carboxylic acids is 1. The molecule has 1 atom stereocenters. The molecule has 0 heterocycles. The van der Waals surface area contributed by atoms with E-state index in [0.29, 0.717) is 13.0 Å². The molecule has 0 saturated heterocycles. The highest BCUT2D eigenvalue weighted by Crippen LogP contribution is 2.20. The lowest BCUT2D eigenvalue weighted by molar-refractivity contribution is -0.149. The maximum atomic E-state index is 11.9. The molecule has 0 aliphatic rings. The van der Waals surface area contributed by atoms with Gasteiger partial charge >= 0.3 is 5.97 Å². The van der Waals surface area contributed by atoms with Crippen LogP contribution in [0.2, 0.25) is 0 Å². The van der Waals surface area contributed by atoms with Gasteiger partial charge in [0.25, 0.3) is 0 Å². The molecule has 3 nitrogen and oxygen atoms in total. The van der Waals surface area contributed by atoms with Gasteiger partial charge in [0.2, 0.25) is 0 Å². The molecule has 0 fully saturated rings. The van der Waals surface area contributed by atoms with E-state index in [1.54, 1.807) is 7.11 Å². The van der Waals surface area contributed by atoms with Gasteiger partial charge in [-0.05, 0) is 37.0 Å². The van der Waals surface area contributed by atoms with Crippen LogP contribution in [0.25, 0.3) is 0 Å². The molecule has 3 heteroatoms. The van der Waals surface area contributed by atoms with E-state index in [-0.39, 0.29) is 17.8 Å². The summed E-state index contributed by atoms with van der Waals surface area (Å²) >= 11 is 0. The molecule has 0 saturated carbocycles. The van der Waals surface area contributed by atoms with Crippen molar-refractivity contribution in [2.24, 2.45) is 11.8 Å². The summed E-state index contributed by atoms with van der Waals surface area (Å²) in [4.78, 5) is 11.9. The van der Waals surface area contributed by atoms with Crippen molar-refractivity contribution in [1.29, 1.82) is 0 Å². The highest BCUT2D eigenvalue weighted by Gasteiger charge is 2.23. The Bertz CT molecular complexity index is 368. The van der Waals surface area contributed by atoms with Crippen molar-refractivity contribution in [3.05, 3.63) is 29.8 Å². The Morgan fingerprint density at radius 2 is 1.83 bits per heavy atom. The SMILES string of the molecule is CCOC(=O)[C@H](Cc1ccc(OC)cc1)C(C)C. The van der Waals surface area contributed by atoms with Crippen LogP contribution in [0.1, 0.15) is 26.3 Å². The number of hydrogen-bond acceptors (Lipinski definition) is 3. The molecule has 0 amide bonds. The van der Waals surface area contributed by atoms with Crippen molar-refractivity contribution in [3.63, 3.8) is 0 Å². The highest BCUT2D eigenvalue weighted by molar-refractivity contribution is 5.73. The van der Waals surface area contributed by atoms with E-state index >= 15 is 0 Å². The van der Waals surface area contributed by atoms with Gasteiger partial charge in [0.15, 0.2) is 0 Å². The number of benzene rings is 1. The molecule has 0 aromatic heterocycles. The first-order chi connectivity index (χ1) is 8.58. The molecule has 0 bridgehead atoms. The second-order valence-corrected chi connectivity index (χ2v) is 4.65. The Labute approximate surface area is 109 Å². The number of rotatable bonds is 6. The largest absolute Gasteiger partial charge is 0.497 e. The number of ether oxygens (including phenoxy) is 2. The van der Waals surface area contributed by atoms with Crippen molar-refractivity contribution in [3.8, 4) is 5.75 Å². The van der Waals surface area contributed by atoms with Crippen LogP contribution >= 0.6 is 0 Å². The molecule has 1 aromatic rings. The molecule has 0 radical (unpaired) electrons. The molecule has 0 unspecified atom stereocenters. The Balaban J connectivity index is 2.73. The van der Waals surface area contributed by atoms with E-state index in [4.69, 9.17) is 9.47 Å². The Morgan fingerprint density at radius 1 is 1.22 bits per heavy atom. The van der Waals surface area contributed by atoms with Crippen LogP contribution in [-0.4, -0.2) is 19.7 Å². The van der Waals surface area contributed by atoms with Gasteiger partial charge in [-0.15, -0.1) is 0 Å². The summed E-state index contributed by atoms with van der Waals surface area (Å²) in [6.07, 6.45) is 0.709. The lowest BCUT2D eigenvalue weighted by Gasteiger charge is -2.19. The molecule has 1 aromatic carbocycles.